The molecule has 0 radical (unpaired) electrons. The van der Waals surface area contributed by atoms with Gasteiger partial charge in [0.25, 0.3) is 10.0 Å². The maximum absolute atomic E-state index is 14.1. The van der Waals surface area contributed by atoms with Gasteiger partial charge in [-0.05, 0) is 75.1 Å². The molecule has 1 unspecified atom stereocenters. The van der Waals surface area contributed by atoms with Crippen molar-refractivity contribution in [1.29, 1.82) is 0 Å². The lowest BCUT2D eigenvalue weighted by atomic mass is 10.1. The van der Waals surface area contributed by atoms with Crippen molar-refractivity contribution in [1.82, 2.24) is 10.2 Å². The minimum absolute atomic E-state index is 0.0106. The molecule has 1 fully saturated rings. The van der Waals surface area contributed by atoms with Gasteiger partial charge in [-0.25, -0.2) is 12.8 Å². The van der Waals surface area contributed by atoms with E-state index in [1.54, 1.807) is 12.1 Å². The summed E-state index contributed by atoms with van der Waals surface area (Å²) in [4.78, 5) is 29.1. The maximum atomic E-state index is 14.1. The normalized spacial score (nSPS) is 14.4. The van der Waals surface area contributed by atoms with Crippen LogP contribution in [0.15, 0.2) is 77.7 Å². The van der Waals surface area contributed by atoms with Crippen molar-refractivity contribution < 1.29 is 22.4 Å². The molecule has 0 bridgehead atoms. The van der Waals surface area contributed by atoms with Gasteiger partial charge in [-0.15, -0.1) is 0 Å². The van der Waals surface area contributed by atoms with Crippen LogP contribution < -0.4 is 9.62 Å². The van der Waals surface area contributed by atoms with Gasteiger partial charge < -0.3 is 10.2 Å². The Labute approximate surface area is 242 Å². The van der Waals surface area contributed by atoms with Gasteiger partial charge in [-0.3, -0.25) is 13.9 Å². The highest BCUT2D eigenvalue weighted by Gasteiger charge is 2.34. The van der Waals surface area contributed by atoms with Crippen molar-refractivity contribution in [2.24, 2.45) is 0 Å². The quantitative estimate of drug-likeness (QED) is 0.325. The van der Waals surface area contributed by atoms with Crippen LogP contribution in [0, 0.1) is 19.7 Å². The molecule has 0 spiro atoms. The van der Waals surface area contributed by atoms with Crippen LogP contribution in [0.1, 0.15) is 55.7 Å². The fraction of sp³-hybridized carbons (Fsp3) is 0.375. The average molecular weight is 580 g/mol. The number of nitrogens with zero attached hydrogens (tertiary/aromatic N) is 2. The number of carbonyl (C=O) groups excluding carboxylic acids is 2. The van der Waals surface area contributed by atoms with Crippen LogP contribution in [-0.4, -0.2) is 43.8 Å². The summed E-state index contributed by atoms with van der Waals surface area (Å²) in [5, 5.41) is 3.11. The Balaban J connectivity index is 1.71. The third-order valence-electron chi connectivity index (χ3n) is 7.53. The first-order chi connectivity index (χ1) is 19.6. The molecule has 0 aromatic heterocycles. The topological polar surface area (TPSA) is 86.8 Å². The molecule has 1 atom stereocenters. The number of anilines is 1. The smallest absolute Gasteiger partial charge is 0.264 e. The number of aryl methyl sites for hydroxylation is 2. The van der Waals surface area contributed by atoms with Crippen molar-refractivity contribution in [3.63, 3.8) is 0 Å². The van der Waals surface area contributed by atoms with E-state index >= 15 is 0 Å². The fourth-order valence-corrected chi connectivity index (χ4v) is 6.68. The number of hydrogen-bond donors (Lipinski definition) is 1. The first-order valence-corrected chi connectivity index (χ1v) is 15.5. The van der Waals surface area contributed by atoms with E-state index in [1.165, 1.54) is 29.2 Å². The number of hydrogen-bond acceptors (Lipinski definition) is 4. The average Bonchev–Trinajstić information content (AvgIpc) is 3.45. The lowest BCUT2D eigenvalue weighted by Crippen LogP contribution is -2.53. The largest absolute Gasteiger partial charge is 0.352 e. The van der Waals surface area contributed by atoms with E-state index in [2.05, 4.69) is 5.32 Å². The zero-order chi connectivity index (χ0) is 29.6. The molecule has 1 saturated carbocycles. The molecule has 1 aliphatic carbocycles. The van der Waals surface area contributed by atoms with Crippen LogP contribution in [0.3, 0.4) is 0 Å². The van der Waals surface area contributed by atoms with Crippen molar-refractivity contribution in [2.75, 3.05) is 10.8 Å². The molecule has 218 valence electrons. The number of halogens is 1. The summed E-state index contributed by atoms with van der Waals surface area (Å²) in [5.41, 5.74) is 2.88. The van der Waals surface area contributed by atoms with Gasteiger partial charge in [0.05, 0.1) is 10.6 Å². The number of nitrogens with one attached hydrogen (secondary N) is 1. The van der Waals surface area contributed by atoms with E-state index < -0.39 is 34.3 Å². The van der Waals surface area contributed by atoms with E-state index in [1.807, 2.05) is 45.0 Å². The second-order valence-electron chi connectivity index (χ2n) is 10.7. The van der Waals surface area contributed by atoms with Crippen molar-refractivity contribution in [3.05, 3.63) is 95.3 Å². The molecular formula is C32H38FN3O4S. The molecule has 1 N–H and O–H groups in total. The van der Waals surface area contributed by atoms with E-state index in [0.29, 0.717) is 6.42 Å². The Kier molecular flexibility index (Phi) is 9.81. The summed E-state index contributed by atoms with van der Waals surface area (Å²) in [6.45, 7) is 5.22. The molecule has 3 aromatic rings. The van der Waals surface area contributed by atoms with Gasteiger partial charge in [0, 0.05) is 12.6 Å². The molecule has 0 aliphatic heterocycles. The zero-order valence-corrected chi connectivity index (χ0v) is 24.7. The number of carbonyl (C=O) groups is 2. The van der Waals surface area contributed by atoms with Gasteiger partial charge in [-0.2, -0.15) is 0 Å². The van der Waals surface area contributed by atoms with Gasteiger partial charge in [0.2, 0.25) is 11.8 Å². The van der Waals surface area contributed by atoms with E-state index in [4.69, 9.17) is 0 Å². The van der Waals surface area contributed by atoms with Gasteiger partial charge in [0.15, 0.2) is 0 Å². The van der Waals surface area contributed by atoms with Crippen LogP contribution in [0.25, 0.3) is 0 Å². The Morgan fingerprint density at radius 3 is 2.22 bits per heavy atom. The Bertz CT molecular complexity index is 1450. The van der Waals surface area contributed by atoms with E-state index in [9.17, 15) is 22.4 Å². The molecule has 7 nitrogen and oxygen atoms in total. The Morgan fingerprint density at radius 2 is 1.61 bits per heavy atom. The summed E-state index contributed by atoms with van der Waals surface area (Å²) in [5.74, 6) is -1.29. The molecule has 0 saturated heterocycles. The molecule has 1 aliphatic rings. The summed E-state index contributed by atoms with van der Waals surface area (Å²) >= 11 is 0. The highest BCUT2D eigenvalue weighted by molar-refractivity contribution is 7.92. The predicted molar refractivity (Wildman–Crippen MR) is 158 cm³/mol. The van der Waals surface area contributed by atoms with Crippen LogP contribution in [-0.2, 0) is 26.2 Å². The van der Waals surface area contributed by atoms with Gasteiger partial charge >= 0.3 is 0 Å². The monoisotopic (exact) mass is 579 g/mol. The zero-order valence-electron chi connectivity index (χ0n) is 23.8. The highest BCUT2D eigenvalue weighted by atomic mass is 32.2. The second kappa shape index (κ2) is 13.3. The summed E-state index contributed by atoms with van der Waals surface area (Å²) in [7, 11) is -4.20. The minimum Gasteiger partial charge on any atom is -0.352 e. The maximum Gasteiger partial charge on any atom is 0.264 e. The number of amides is 2. The first kappa shape index (κ1) is 30.2. The SMILES string of the molecule is CCC(C(=O)NC1CCCC1)N(Cc1cccc(C)c1)C(=O)CN(c1ccc(F)cc1)S(=O)(=O)c1ccc(C)cc1. The summed E-state index contributed by atoms with van der Waals surface area (Å²) in [6, 6.07) is 18.3. The number of sulfonamides is 1. The minimum atomic E-state index is -4.20. The highest BCUT2D eigenvalue weighted by Crippen LogP contribution is 2.26. The summed E-state index contributed by atoms with van der Waals surface area (Å²) in [6.07, 6.45) is 4.27. The predicted octanol–water partition coefficient (Wildman–Crippen LogP) is 5.50. The lowest BCUT2D eigenvalue weighted by Gasteiger charge is -2.34. The van der Waals surface area contributed by atoms with Crippen molar-refractivity contribution in [2.45, 2.75) is 76.4 Å². The van der Waals surface area contributed by atoms with Crippen molar-refractivity contribution >= 4 is 27.5 Å². The lowest BCUT2D eigenvalue weighted by molar-refractivity contribution is -0.140. The van der Waals surface area contributed by atoms with Gasteiger partial charge in [-0.1, -0.05) is 67.3 Å². The fourth-order valence-electron chi connectivity index (χ4n) is 5.27. The molecule has 2 amide bonds. The van der Waals surface area contributed by atoms with Crippen LogP contribution >= 0.6 is 0 Å². The molecule has 3 aromatic carbocycles. The molecule has 9 heteroatoms. The standard InChI is InChI=1S/C32H38FN3O4S/c1-4-30(32(38)34-27-10-5-6-11-27)35(21-25-9-7-8-24(3)20-25)31(37)22-36(28-16-14-26(33)15-17-28)41(39,40)29-18-12-23(2)13-19-29/h7-9,12-20,27,30H,4-6,10-11,21-22H2,1-3H3,(H,34,38). The summed E-state index contributed by atoms with van der Waals surface area (Å²) < 4.78 is 42.5. The molecule has 41 heavy (non-hydrogen) atoms. The third-order valence-corrected chi connectivity index (χ3v) is 9.31. The molecule has 4 rings (SSSR count). The van der Waals surface area contributed by atoms with Gasteiger partial charge in [0.1, 0.15) is 18.4 Å². The van der Waals surface area contributed by atoms with Crippen LogP contribution in [0.4, 0.5) is 10.1 Å². The Hall–Kier alpha value is -3.72. The Morgan fingerprint density at radius 1 is 0.951 bits per heavy atom. The third kappa shape index (κ3) is 7.52. The molecular weight excluding hydrogens is 541 g/mol. The van der Waals surface area contributed by atoms with E-state index in [-0.39, 0.29) is 29.1 Å². The number of rotatable bonds is 11. The second-order valence-corrected chi connectivity index (χ2v) is 12.6. The van der Waals surface area contributed by atoms with Crippen LogP contribution in [0.2, 0.25) is 0 Å². The first-order valence-electron chi connectivity index (χ1n) is 14.1. The van der Waals surface area contributed by atoms with Crippen LogP contribution in [0.5, 0.6) is 0 Å². The number of benzene rings is 3. The molecule has 0 heterocycles. The van der Waals surface area contributed by atoms with E-state index in [0.717, 1.165) is 58.8 Å². The van der Waals surface area contributed by atoms with Crippen molar-refractivity contribution in [3.8, 4) is 0 Å².